The van der Waals surface area contributed by atoms with Gasteiger partial charge in [0, 0.05) is 0 Å². The van der Waals surface area contributed by atoms with Crippen LogP contribution in [0.4, 0.5) is 0 Å². The van der Waals surface area contributed by atoms with E-state index in [1.165, 1.54) is 0 Å². The lowest BCUT2D eigenvalue weighted by Crippen LogP contribution is -2.43. The molecule has 0 aliphatic rings. The van der Waals surface area contributed by atoms with E-state index in [0.717, 1.165) is 0 Å². The fraction of sp³-hybridized carbons (Fsp3) is 0.600. The van der Waals surface area contributed by atoms with Gasteiger partial charge in [-0.3, -0.25) is 5.32 Å². The minimum Gasteiger partial charge on any atom is -0.480 e. The molecule has 66 valence electrons. The standard InChI is InChI=1S/C5H9NO4.ClH/c1-2-6-3(4(7)8)5(9)10;/h3,6H,2H2,1H3,(H,7,8)(H,9,10);1H. The van der Waals surface area contributed by atoms with Gasteiger partial charge in [0.25, 0.3) is 0 Å². The first kappa shape index (κ1) is 12.8. The third-order valence-electron chi connectivity index (χ3n) is 0.902. The van der Waals surface area contributed by atoms with E-state index in [1.807, 2.05) is 0 Å². The number of hydrogen-bond acceptors (Lipinski definition) is 3. The van der Waals surface area contributed by atoms with Crippen molar-refractivity contribution in [3.63, 3.8) is 0 Å². The van der Waals surface area contributed by atoms with Crippen molar-refractivity contribution in [2.45, 2.75) is 13.0 Å². The molecule has 3 N–H and O–H groups in total. The molecule has 0 heterocycles. The van der Waals surface area contributed by atoms with Crippen LogP contribution in [0.1, 0.15) is 6.92 Å². The average molecular weight is 184 g/mol. The number of carboxylic acids is 2. The van der Waals surface area contributed by atoms with Crippen LogP contribution in [0.3, 0.4) is 0 Å². The highest BCUT2D eigenvalue weighted by Crippen LogP contribution is 1.82. The first-order chi connectivity index (χ1) is 4.59. The van der Waals surface area contributed by atoms with E-state index in [2.05, 4.69) is 5.32 Å². The van der Waals surface area contributed by atoms with Gasteiger partial charge in [-0.15, -0.1) is 12.4 Å². The highest BCUT2D eigenvalue weighted by molar-refractivity contribution is 5.97. The largest absolute Gasteiger partial charge is 0.480 e. The minimum absolute atomic E-state index is 0. The Bertz CT molecular complexity index is 135. The normalized spacial score (nSPS) is 8.91. The Labute approximate surface area is 69.8 Å². The molecule has 0 aromatic heterocycles. The Hall–Kier alpha value is -0.810. The summed E-state index contributed by atoms with van der Waals surface area (Å²) in [6, 6.07) is -1.48. The lowest BCUT2D eigenvalue weighted by atomic mass is 10.3. The minimum atomic E-state index is -1.48. The van der Waals surface area contributed by atoms with Crippen molar-refractivity contribution in [2.24, 2.45) is 0 Å². The van der Waals surface area contributed by atoms with Gasteiger partial charge in [0.1, 0.15) is 0 Å². The summed E-state index contributed by atoms with van der Waals surface area (Å²) in [7, 11) is 0. The highest BCUT2D eigenvalue weighted by Gasteiger charge is 2.23. The topological polar surface area (TPSA) is 86.6 Å². The molecular formula is C5H10ClNO4. The first-order valence-electron chi connectivity index (χ1n) is 2.78. The van der Waals surface area contributed by atoms with Crippen LogP contribution in [0.5, 0.6) is 0 Å². The van der Waals surface area contributed by atoms with Gasteiger partial charge in [-0.1, -0.05) is 6.92 Å². The van der Waals surface area contributed by atoms with Gasteiger partial charge >= 0.3 is 11.9 Å². The summed E-state index contributed by atoms with van der Waals surface area (Å²) in [6.07, 6.45) is 0. The SMILES string of the molecule is CCNC(C(=O)O)C(=O)O.Cl. The second-order valence-corrected chi connectivity index (χ2v) is 1.67. The van der Waals surface area contributed by atoms with Crippen LogP contribution < -0.4 is 5.32 Å². The fourth-order valence-electron chi connectivity index (χ4n) is 0.484. The average Bonchev–Trinajstić information content (AvgIpc) is 1.81. The van der Waals surface area contributed by atoms with Crippen LogP contribution in [-0.4, -0.2) is 34.7 Å². The molecule has 6 heteroatoms. The van der Waals surface area contributed by atoms with Gasteiger partial charge in [-0.05, 0) is 6.54 Å². The number of carbonyl (C=O) groups is 2. The lowest BCUT2D eigenvalue weighted by Gasteiger charge is -2.05. The quantitative estimate of drug-likeness (QED) is 0.515. The molecule has 0 aliphatic carbocycles. The predicted molar refractivity (Wildman–Crippen MR) is 40.0 cm³/mol. The molecule has 0 aromatic rings. The molecule has 0 saturated carbocycles. The van der Waals surface area contributed by atoms with E-state index in [1.54, 1.807) is 6.92 Å². The molecule has 0 spiro atoms. The van der Waals surface area contributed by atoms with Crippen LogP contribution >= 0.6 is 12.4 Å². The van der Waals surface area contributed by atoms with Crippen molar-refractivity contribution < 1.29 is 19.8 Å². The van der Waals surface area contributed by atoms with E-state index < -0.39 is 18.0 Å². The summed E-state index contributed by atoms with van der Waals surface area (Å²) in [5, 5.41) is 18.7. The summed E-state index contributed by atoms with van der Waals surface area (Å²) in [5.74, 6) is -2.73. The molecule has 0 aliphatic heterocycles. The second kappa shape index (κ2) is 5.94. The Balaban J connectivity index is 0. The van der Waals surface area contributed by atoms with Crippen LogP contribution in [0.2, 0.25) is 0 Å². The number of carboxylic acid groups (broad SMARTS) is 2. The second-order valence-electron chi connectivity index (χ2n) is 1.67. The van der Waals surface area contributed by atoms with Crippen LogP contribution in [0.15, 0.2) is 0 Å². The third kappa shape index (κ3) is 4.58. The van der Waals surface area contributed by atoms with Crippen molar-refractivity contribution in [3.05, 3.63) is 0 Å². The van der Waals surface area contributed by atoms with Crippen molar-refractivity contribution in [2.75, 3.05) is 6.54 Å². The molecule has 0 unspecified atom stereocenters. The van der Waals surface area contributed by atoms with Gasteiger partial charge in [0.2, 0.25) is 6.04 Å². The van der Waals surface area contributed by atoms with E-state index in [4.69, 9.17) is 10.2 Å². The van der Waals surface area contributed by atoms with Gasteiger partial charge in [-0.25, -0.2) is 9.59 Å². The number of likely N-dealkylation sites (N-methyl/N-ethyl adjacent to an activating group) is 1. The molecule has 0 rings (SSSR count). The van der Waals surface area contributed by atoms with E-state index in [0.29, 0.717) is 6.54 Å². The molecule has 0 aromatic carbocycles. The maximum absolute atomic E-state index is 10.1. The Morgan fingerprint density at radius 1 is 1.36 bits per heavy atom. The Kier molecular flexibility index (Phi) is 6.92. The van der Waals surface area contributed by atoms with Gasteiger partial charge < -0.3 is 10.2 Å². The fourth-order valence-corrected chi connectivity index (χ4v) is 0.484. The molecule has 0 atom stereocenters. The van der Waals surface area contributed by atoms with Crippen LogP contribution in [-0.2, 0) is 9.59 Å². The molecule has 0 saturated heterocycles. The van der Waals surface area contributed by atoms with Crippen molar-refractivity contribution in [3.8, 4) is 0 Å². The van der Waals surface area contributed by atoms with Crippen LogP contribution in [0.25, 0.3) is 0 Å². The molecular weight excluding hydrogens is 174 g/mol. The molecule has 0 bridgehead atoms. The van der Waals surface area contributed by atoms with Crippen LogP contribution in [0, 0.1) is 0 Å². The number of rotatable bonds is 4. The predicted octanol–water partition coefficient (Wildman–Crippen LogP) is -0.444. The van der Waals surface area contributed by atoms with Gasteiger partial charge in [-0.2, -0.15) is 0 Å². The number of aliphatic carboxylic acids is 2. The summed E-state index contributed by atoms with van der Waals surface area (Å²) < 4.78 is 0. The molecule has 0 amide bonds. The van der Waals surface area contributed by atoms with E-state index in [9.17, 15) is 9.59 Å². The number of hydrogen-bond donors (Lipinski definition) is 3. The summed E-state index contributed by atoms with van der Waals surface area (Å²) >= 11 is 0. The Morgan fingerprint density at radius 3 is 1.82 bits per heavy atom. The summed E-state index contributed by atoms with van der Waals surface area (Å²) in [5.41, 5.74) is 0. The summed E-state index contributed by atoms with van der Waals surface area (Å²) in [6.45, 7) is 1.96. The van der Waals surface area contributed by atoms with Gasteiger partial charge in [0.15, 0.2) is 0 Å². The van der Waals surface area contributed by atoms with E-state index >= 15 is 0 Å². The molecule has 5 nitrogen and oxygen atoms in total. The number of nitrogens with one attached hydrogen (secondary N) is 1. The van der Waals surface area contributed by atoms with Gasteiger partial charge in [0.05, 0.1) is 0 Å². The maximum atomic E-state index is 10.1. The number of halogens is 1. The van der Waals surface area contributed by atoms with Crippen molar-refractivity contribution in [1.29, 1.82) is 0 Å². The lowest BCUT2D eigenvalue weighted by molar-refractivity contribution is -0.150. The Morgan fingerprint density at radius 2 is 1.73 bits per heavy atom. The van der Waals surface area contributed by atoms with Crippen molar-refractivity contribution >= 4 is 24.3 Å². The summed E-state index contributed by atoms with van der Waals surface area (Å²) in [4.78, 5) is 20.2. The zero-order valence-electron chi connectivity index (χ0n) is 5.90. The smallest absolute Gasteiger partial charge is 0.332 e. The van der Waals surface area contributed by atoms with Crippen molar-refractivity contribution in [1.82, 2.24) is 5.32 Å². The maximum Gasteiger partial charge on any atom is 0.332 e. The molecule has 0 radical (unpaired) electrons. The van der Waals surface area contributed by atoms with E-state index in [-0.39, 0.29) is 12.4 Å². The first-order valence-corrected chi connectivity index (χ1v) is 2.78. The highest BCUT2D eigenvalue weighted by atomic mass is 35.5. The molecule has 0 fully saturated rings. The zero-order chi connectivity index (χ0) is 8.15. The third-order valence-corrected chi connectivity index (χ3v) is 0.902. The monoisotopic (exact) mass is 183 g/mol. The zero-order valence-corrected chi connectivity index (χ0v) is 6.72. The molecule has 11 heavy (non-hydrogen) atoms.